The molecular formula is C15H22FN3O2. The fraction of sp³-hybridized carbons (Fsp3) is 0.600. The highest BCUT2D eigenvalue weighted by atomic mass is 19.1. The number of aromatic nitrogens is 1. The highest BCUT2D eigenvalue weighted by Crippen LogP contribution is 2.19. The molecule has 2 heterocycles. The number of carbonyl (C=O) groups excluding carboxylic acids is 1. The minimum atomic E-state index is -0.581. The number of amides is 1. The summed E-state index contributed by atoms with van der Waals surface area (Å²) in [5.41, 5.74) is 0.0601. The first-order chi connectivity index (χ1) is 10.0. The molecule has 0 radical (unpaired) electrons. The number of halogens is 1. The van der Waals surface area contributed by atoms with Gasteiger partial charge in [0, 0.05) is 25.8 Å². The second kappa shape index (κ2) is 6.85. The number of ether oxygens (including phenoxy) is 1. The van der Waals surface area contributed by atoms with Crippen molar-refractivity contribution in [1.29, 1.82) is 0 Å². The number of hydrogen-bond donors (Lipinski definition) is 1. The Morgan fingerprint density at radius 1 is 1.48 bits per heavy atom. The Labute approximate surface area is 124 Å². The Balaban J connectivity index is 2.18. The van der Waals surface area contributed by atoms with Crippen molar-refractivity contribution < 1.29 is 13.9 Å². The number of morpholine rings is 1. The SMILES string of the molecule is CCCNc1nccc(C(=O)N2C[C@@H](C)O[C@@H](C)C2)c1F. The van der Waals surface area contributed by atoms with Crippen molar-refractivity contribution in [2.45, 2.75) is 39.4 Å². The van der Waals surface area contributed by atoms with Crippen molar-refractivity contribution in [3.05, 3.63) is 23.6 Å². The Morgan fingerprint density at radius 3 is 2.76 bits per heavy atom. The average molecular weight is 295 g/mol. The van der Waals surface area contributed by atoms with Crippen LogP contribution in [0, 0.1) is 5.82 Å². The minimum Gasteiger partial charge on any atom is -0.372 e. The summed E-state index contributed by atoms with van der Waals surface area (Å²) in [6, 6.07) is 1.43. The van der Waals surface area contributed by atoms with Gasteiger partial charge < -0.3 is 15.0 Å². The smallest absolute Gasteiger partial charge is 0.257 e. The number of anilines is 1. The van der Waals surface area contributed by atoms with Crippen LogP contribution in [0.3, 0.4) is 0 Å². The van der Waals surface area contributed by atoms with E-state index in [-0.39, 0.29) is 29.5 Å². The van der Waals surface area contributed by atoms with E-state index < -0.39 is 5.82 Å². The van der Waals surface area contributed by atoms with E-state index in [0.717, 1.165) is 6.42 Å². The summed E-state index contributed by atoms with van der Waals surface area (Å²) >= 11 is 0. The lowest BCUT2D eigenvalue weighted by atomic mass is 10.1. The molecule has 0 saturated carbocycles. The summed E-state index contributed by atoms with van der Waals surface area (Å²) in [6.45, 7) is 7.37. The van der Waals surface area contributed by atoms with Crippen molar-refractivity contribution >= 4 is 11.7 Å². The number of hydrogen-bond acceptors (Lipinski definition) is 4. The van der Waals surface area contributed by atoms with E-state index in [4.69, 9.17) is 4.74 Å². The quantitative estimate of drug-likeness (QED) is 0.926. The predicted molar refractivity (Wildman–Crippen MR) is 78.9 cm³/mol. The lowest BCUT2D eigenvalue weighted by Crippen LogP contribution is -2.48. The maximum atomic E-state index is 14.4. The molecule has 1 N–H and O–H groups in total. The lowest BCUT2D eigenvalue weighted by Gasteiger charge is -2.35. The lowest BCUT2D eigenvalue weighted by molar-refractivity contribution is -0.0587. The molecule has 0 aliphatic carbocycles. The molecule has 21 heavy (non-hydrogen) atoms. The van der Waals surface area contributed by atoms with E-state index in [1.54, 1.807) is 4.90 Å². The highest BCUT2D eigenvalue weighted by molar-refractivity contribution is 5.95. The average Bonchev–Trinajstić information content (AvgIpc) is 2.44. The van der Waals surface area contributed by atoms with Crippen LogP contribution in [0.15, 0.2) is 12.3 Å². The molecule has 5 nitrogen and oxygen atoms in total. The summed E-state index contributed by atoms with van der Waals surface area (Å²) in [4.78, 5) is 18.1. The number of rotatable bonds is 4. The molecule has 0 spiro atoms. The topological polar surface area (TPSA) is 54.5 Å². The van der Waals surface area contributed by atoms with Gasteiger partial charge in [-0.1, -0.05) is 6.92 Å². The zero-order valence-corrected chi connectivity index (χ0v) is 12.7. The van der Waals surface area contributed by atoms with Crippen molar-refractivity contribution in [2.24, 2.45) is 0 Å². The third-order valence-corrected chi connectivity index (χ3v) is 3.37. The van der Waals surface area contributed by atoms with E-state index in [2.05, 4.69) is 10.3 Å². The number of pyridine rings is 1. The van der Waals surface area contributed by atoms with Gasteiger partial charge in [0.15, 0.2) is 11.6 Å². The molecule has 0 aromatic carbocycles. The molecule has 1 saturated heterocycles. The zero-order chi connectivity index (χ0) is 15.4. The molecule has 1 amide bonds. The molecule has 1 aromatic rings. The van der Waals surface area contributed by atoms with Crippen molar-refractivity contribution in [3.63, 3.8) is 0 Å². The van der Waals surface area contributed by atoms with Gasteiger partial charge in [0.2, 0.25) is 0 Å². The van der Waals surface area contributed by atoms with Gasteiger partial charge in [-0.3, -0.25) is 4.79 Å². The van der Waals surface area contributed by atoms with E-state index in [1.807, 2.05) is 20.8 Å². The Hall–Kier alpha value is -1.69. The second-order valence-corrected chi connectivity index (χ2v) is 5.42. The standard InChI is InChI=1S/C15H22FN3O2/c1-4-6-17-14-13(16)12(5-7-18-14)15(20)19-8-10(2)21-11(3)9-19/h5,7,10-11H,4,6,8-9H2,1-3H3,(H,17,18)/t10-,11+. The normalized spacial score (nSPS) is 22.2. The third-order valence-electron chi connectivity index (χ3n) is 3.37. The summed E-state index contributed by atoms with van der Waals surface area (Å²) in [5, 5.41) is 2.90. The van der Waals surface area contributed by atoms with Crippen LogP contribution in [0.1, 0.15) is 37.6 Å². The van der Waals surface area contributed by atoms with Crippen LogP contribution in [0.4, 0.5) is 10.2 Å². The fourth-order valence-corrected chi connectivity index (χ4v) is 2.49. The van der Waals surface area contributed by atoms with Crippen molar-refractivity contribution in [1.82, 2.24) is 9.88 Å². The molecule has 1 aliphatic rings. The van der Waals surface area contributed by atoms with Gasteiger partial charge in [-0.05, 0) is 26.3 Å². The van der Waals surface area contributed by atoms with Crippen LogP contribution in [-0.4, -0.2) is 47.6 Å². The summed E-state index contributed by atoms with van der Waals surface area (Å²) in [7, 11) is 0. The summed E-state index contributed by atoms with van der Waals surface area (Å²) in [6.07, 6.45) is 2.24. The first-order valence-electron chi connectivity index (χ1n) is 7.36. The molecule has 6 heteroatoms. The van der Waals surface area contributed by atoms with Crippen molar-refractivity contribution in [2.75, 3.05) is 25.0 Å². The number of nitrogens with zero attached hydrogens (tertiary/aromatic N) is 2. The Morgan fingerprint density at radius 2 is 2.14 bits per heavy atom. The molecule has 0 unspecified atom stereocenters. The fourth-order valence-electron chi connectivity index (χ4n) is 2.49. The van der Waals surface area contributed by atoms with E-state index in [1.165, 1.54) is 12.3 Å². The summed E-state index contributed by atoms with van der Waals surface area (Å²) in [5.74, 6) is -0.753. The van der Waals surface area contributed by atoms with Crippen LogP contribution in [0.2, 0.25) is 0 Å². The van der Waals surface area contributed by atoms with Crippen LogP contribution in [0.25, 0.3) is 0 Å². The van der Waals surface area contributed by atoms with Gasteiger partial charge >= 0.3 is 0 Å². The number of carbonyl (C=O) groups is 1. The first-order valence-corrected chi connectivity index (χ1v) is 7.36. The Bertz CT molecular complexity index is 500. The predicted octanol–water partition coefficient (Wildman–Crippen LogP) is 2.29. The van der Waals surface area contributed by atoms with Crippen LogP contribution >= 0.6 is 0 Å². The van der Waals surface area contributed by atoms with Crippen LogP contribution in [-0.2, 0) is 4.74 Å². The summed E-state index contributed by atoms with van der Waals surface area (Å²) < 4.78 is 20.0. The molecule has 0 bridgehead atoms. The monoisotopic (exact) mass is 295 g/mol. The second-order valence-electron chi connectivity index (χ2n) is 5.42. The van der Waals surface area contributed by atoms with Gasteiger partial charge in [0.25, 0.3) is 5.91 Å². The molecule has 1 fully saturated rings. The number of nitrogens with one attached hydrogen (secondary N) is 1. The van der Waals surface area contributed by atoms with Gasteiger partial charge in [0.05, 0.1) is 17.8 Å². The van der Waals surface area contributed by atoms with E-state index in [0.29, 0.717) is 19.6 Å². The molecular weight excluding hydrogens is 273 g/mol. The first kappa shape index (κ1) is 15.7. The molecule has 2 atom stereocenters. The van der Waals surface area contributed by atoms with Crippen LogP contribution < -0.4 is 5.32 Å². The van der Waals surface area contributed by atoms with E-state index in [9.17, 15) is 9.18 Å². The van der Waals surface area contributed by atoms with Gasteiger partial charge in [0.1, 0.15) is 0 Å². The minimum absolute atomic E-state index is 0.0414. The maximum Gasteiger partial charge on any atom is 0.257 e. The largest absolute Gasteiger partial charge is 0.372 e. The molecule has 1 aromatic heterocycles. The highest BCUT2D eigenvalue weighted by Gasteiger charge is 2.28. The molecule has 1 aliphatic heterocycles. The van der Waals surface area contributed by atoms with Gasteiger partial charge in [-0.15, -0.1) is 0 Å². The third kappa shape index (κ3) is 3.69. The zero-order valence-electron chi connectivity index (χ0n) is 12.7. The van der Waals surface area contributed by atoms with E-state index >= 15 is 0 Å². The van der Waals surface area contributed by atoms with Gasteiger partial charge in [-0.2, -0.15) is 0 Å². The maximum absolute atomic E-state index is 14.4. The van der Waals surface area contributed by atoms with Crippen LogP contribution in [0.5, 0.6) is 0 Å². The Kier molecular flexibility index (Phi) is 5.12. The molecule has 2 rings (SSSR count). The van der Waals surface area contributed by atoms with Gasteiger partial charge in [-0.25, -0.2) is 9.37 Å². The van der Waals surface area contributed by atoms with Crippen molar-refractivity contribution in [3.8, 4) is 0 Å². The molecule has 116 valence electrons.